The third-order valence-electron chi connectivity index (χ3n) is 5.57. The van der Waals surface area contributed by atoms with Crippen LogP contribution >= 0.6 is 25.8 Å². The first-order chi connectivity index (χ1) is 18.6. The summed E-state index contributed by atoms with van der Waals surface area (Å²) in [5.41, 5.74) is 6.21. The smallest absolute Gasteiger partial charge is 0.355 e. The number of anilines is 1. The SMILES string of the molecule is COP(=O)(S)OCCn1c(COP(O)(=S)OC2CCOC2[n+]2[nH]nc3c(=O)[nH]c(N)nc32)nc2cncnc21. The number of aromatic nitrogens is 9. The zero-order chi connectivity index (χ0) is 27.8. The van der Waals surface area contributed by atoms with Crippen LogP contribution in [0, 0.1) is 0 Å². The maximum Gasteiger partial charge on any atom is 0.385 e. The molecule has 210 valence electrons. The number of nitrogen functional groups attached to an aromatic ring is 1. The Morgan fingerprint density at radius 3 is 3.03 bits per heavy atom. The standard InChI is InChI=1S/C17H22N10O8P2S2/c1-31-36(29,38)33-5-3-26-11(21-9-6-19-8-20-13(9)26)7-34-37(30,39)35-10-2-4-32-16(10)27-14-12(24-25-27)15(28)23-17(18)22-14/h6,8,10,16H,2-5,7H2,1H3,(H5,18,22,23,25,28,29,30,38,39)/p+1. The van der Waals surface area contributed by atoms with Gasteiger partial charge in [0, 0.05) is 20.1 Å². The lowest BCUT2D eigenvalue weighted by Crippen LogP contribution is -2.47. The van der Waals surface area contributed by atoms with Crippen LogP contribution in [-0.4, -0.2) is 71.1 Å². The molecule has 0 aromatic carbocycles. The second-order valence-corrected chi connectivity index (χ2v) is 13.9. The molecule has 5 N–H and O–H groups in total. The summed E-state index contributed by atoms with van der Waals surface area (Å²) in [6, 6.07) is 0. The first-order valence-electron chi connectivity index (χ1n) is 11.2. The van der Waals surface area contributed by atoms with Crippen molar-refractivity contribution in [3.05, 3.63) is 28.7 Å². The third kappa shape index (κ3) is 6.19. The molecule has 0 amide bonds. The fourth-order valence-electron chi connectivity index (χ4n) is 3.88. The summed E-state index contributed by atoms with van der Waals surface area (Å²) in [5.74, 6) is 0.227. The van der Waals surface area contributed by atoms with Crippen molar-refractivity contribution >= 4 is 65.8 Å². The average molecular weight is 622 g/mol. The highest BCUT2D eigenvalue weighted by Crippen LogP contribution is 2.52. The van der Waals surface area contributed by atoms with Crippen molar-refractivity contribution in [3.8, 4) is 0 Å². The van der Waals surface area contributed by atoms with Crippen molar-refractivity contribution in [2.24, 2.45) is 0 Å². The number of hydrogen-bond acceptors (Lipinski definition) is 14. The predicted octanol–water partition coefficient (Wildman–Crippen LogP) is 0.0942. The van der Waals surface area contributed by atoms with Crippen LogP contribution in [-0.2, 0) is 52.4 Å². The molecule has 0 aliphatic carbocycles. The molecule has 0 spiro atoms. The molecule has 4 atom stereocenters. The van der Waals surface area contributed by atoms with Crippen molar-refractivity contribution in [1.29, 1.82) is 0 Å². The zero-order valence-corrected chi connectivity index (χ0v) is 23.6. The second kappa shape index (κ2) is 11.2. The number of nitrogens with zero attached hydrogens (tertiary/aromatic N) is 7. The van der Waals surface area contributed by atoms with Gasteiger partial charge in [-0.3, -0.25) is 18.8 Å². The van der Waals surface area contributed by atoms with E-state index in [2.05, 4.69) is 47.5 Å². The minimum absolute atomic E-state index is 0.0175. The number of ether oxygens (including phenoxy) is 1. The fraction of sp³-hybridized carbons (Fsp3) is 0.471. The molecular formula is C17H23N10O8P2S2+. The molecule has 39 heavy (non-hydrogen) atoms. The van der Waals surface area contributed by atoms with Gasteiger partial charge in [-0.15, -0.1) is 9.90 Å². The van der Waals surface area contributed by atoms with Gasteiger partial charge in [-0.2, -0.15) is 0 Å². The van der Waals surface area contributed by atoms with Crippen molar-refractivity contribution < 1.29 is 37.0 Å². The van der Waals surface area contributed by atoms with Gasteiger partial charge < -0.3 is 29.0 Å². The van der Waals surface area contributed by atoms with E-state index in [0.29, 0.717) is 23.4 Å². The van der Waals surface area contributed by atoms with Gasteiger partial charge in [0.05, 0.1) is 19.4 Å². The monoisotopic (exact) mass is 621 g/mol. The number of hydrogen-bond donors (Lipinski definition) is 5. The molecule has 0 bridgehead atoms. The first kappa shape index (κ1) is 28.2. The Hall–Kier alpha value is -2.38. The molecule has 18 nitrogen and oxygen atoms in total. The van der Waals surface area contributed by atoms with E-state index in [9.17, 15) is 14.3 Å². The van der Waals surface area contributed by atoms with Crippen molar-refractivity contribution in [1.82, 2.24) is 39.8 Å². The molecule has 1 aliphatic rings. The molecule has 0 saturated carbocycles. The van der Waals surface area contributed by atoms with Gasteiger partial charge in [0.15, 0.2) is 5.65 Å². The van der Waals surface area contributed by atoms with E-state index in [4.69, 9.17) is 40.4 Å². The van der Waals surface area contributed by atoms with E-state index in [-0.39, 0.29) is 43.5 Å². The van der Waals surface area contributed by atoms with Gasteiger partial charge in [-0.1, -0.05) is 17.2 Å². The van der Waals surface area contributed by atoms with Gasteiger partial charge in [-0.25, -0.2) is 19.5 Å². The number of aromatic amines is 2. The minimum Gasteiger partial charge on any atom is -0.355 e. The Balaban J connectivity index is 1.31. The lowest BCUT2D eigenvalue weighted by molar-refractivity contribution is -0.793. The van der Waals surface area contributed by atoms with Crippen LogP contribution in [0.4, 0.5) is 5.95 Å². The summed E-state index contributed by atoms with van der Waals surface area (Å²) >= 11 is 9.11. The Bertz CT molecular complexity index is 1660. The van der Waals surface area contributed by atoms with Gasteiger partial charge >= 0.3 is 30.2 Å². The molecule has 0 radical (unpaired) electrons. The molecule has 1 fully saturated rings. The summed E-state index contributed by atoms with van der Waals surface area (Å²) in [4.78, 5) is 42.1. The Morgan fingerprint density at radius 1 is 1.41 bits per heavy atom. The Morgan fingerprint density at radius 2 is 2.23 bits per heavy atom. The topological polar surface area (TPSA) is 231 Å². The molecule has 4 unspecified atom stereocenters. The van der Waals surface area contributed by atoms with E-state index in [1.165, 1.54) is 24.3 Å². The molecule has 22 heteroatoms. The molecule has 1 aliphatic heterocycles. The molecule has 5 rings (SSSR count). The van der Waals surface area contributed by atoms with Gasteiger partial charge in [0.1, 0.15) is 30.4 Å². The molecular weight excluding hydrogens is 598 g/mol. The van der Waals surface area contributed by atoms with Crippen molar-refractivity contribution in [2.45, 2.75) is 31.9 Å². The number of thiol groups is 1. The number of H-pyrrole nitrogens is 2. The highest BCUT2D eigenvalue weighted by atomic mass is 32.7. The Kier molecular flexibility index (Phi) is 8.12. The van der Waals surface area contributed by atoms with Crippen molar-refractivity contribution in [3.63, 3.8) is 0 Å². The summed E-state index contributed by atoms with van der Waals surface area (Å²) in [6.07, 6.45) is 1.59. The number of imidazole rings is 1. The zero-order valence-electron chi connectivity index (χ0n) is 20.1. The lowest BCUT2D eigenvalue weighted by Gasteiger charge is -2.22. The second-order valence-electron chi connectivity index (χ2n) is 8.04. The summed E-state index contributed by atoms with van der Waals surface area (Å²) in [5, 5.41) is 6.61. The quantitative estimate of drug-likeness (QED) is 0.0849. The van der Waals surface area contributed by atoms with Gasteiger partial charge in [-0.05, 0) is 16.9 Å². The van der Waals surface area contributed by atoms with Crippen LogP contribution in [0.5, 0.6) is 0 Å². The first-order valence-corrected chi connectivity index (χ1v) is 16.5. The van der Waals surface area contributed by atoms with Crippen LogP contribution in [0.15, 0.2) is 17.3 Å². The van der Waals surface area contributed by atoms with E-state index in [0.717, 1.165) is 0 Å². The fourth-order valence-corrected chi connectivity index (χ4v) is 5.92. The average Bonchev–Trinajstić information content (AvgIpc) is 3.60. The van der Waals surface area contributed by atoms with E-state index >= 15 is 0 Å². The van der Waals surface area contributed by atoms with Crippen LogP contribution < -0.4 is 16.0 Å². The molecule has 1 saturated heterocycles. The van der Waals surface area contributed by atoms with Crippen LogP contribution in [0.3, 0.4) is 0 Å². The normalized spacial score (nSPS) is 20.9. The molecule has 4 aromatic heterocycles. The molecule has 5 heterocycles. The maximum absolute atomic E-state index is 12.1. The number of fused-ring (bicyclic) bond motifs is 2. The largest absolute Gasteiger partial charge is 0.385 e. The maximum atomic E-state index is 12.1. The molecule has 4 aromatic rings. The highest BCUT2D eigenvalue weighted by Gasteiger charge is 2.40. The Labute approximate surface area is 229 Å². The van der Waals surface area contributed by atoms with Crippen LogP contribution in [0.1, 0.15) is 18.5 Å². The summed E-state index contributed by atoms with van der Waals surface area (Å²) in [6.45, 7) is -7.22. The van der Waals surface area contributed by atoms with Gasteiger partial charge in [0.25, 0.3) is 5.95 Å². The van der Waals surface area contributed by atoms with E-state index in [1.54, 1.807) is 4.57 Å². The summed E-state index contributed by atoms with van der Waals surface area (Å²) < 4.78 is 42.0. The number of rotatable bonds is 11. The van der Waals surface area contributed by atoms with E-state index in [1.807, 2.05) is 0 Å². The third-order valence-corrected chi connectivity index (χ3v) is 8.94. The lowest BCUT2D eigenvalue weighted by atomic mass is 10.3. The minimum atomic E-state index is -3.85. The van der Waals surface area contributed by atoms with Crippen LogP contribution in [0.25, 0.3) is 22.3 Å². The van der Waals surface area contributed by atoms with Crippen molar-refractivity contribution in [2.75, 3.05) is 26.1 Å². The van der Waals surface area contributed by atoms with Gasteiger partial charge in [0.2, 0.25) is 6.23 Å². The number of nitrogens with two attached hydrogens (primary N) is 1. The summed E-state index contributed by atoms with van der Waals surface area (Å²) in [7, 11) is 1.22. The predicted molar refractivity (Wildman–Crippen MR) is 140 cm³/mol. The number of nitrogens with one attached hydrogen (secondary N) is 2. The van der Waals surface area contributed by atoms with E-state index < -0.39 is 31.4 Å². The highest BCUT2D eigenvalue weighted by molar-refractivity contribution is 8.44. The van der Waals surface area contributed by atoms with Crippen LogP contribution in [0.2, 0.25) is 0 Å².